The molecule has 6 rings (SSSR count). The minimum atomic E-state index is -0.0652. The van der Waals surface area contributed by atoms with E-state index in [0.29, 0.717) is 0 Å². The van der Waals surface area contributed by atoms with Crippen LogP contribution < -0.4 is 0 Å². The molecule has 0 spiro atoms. The Morgan fingerprint density at radius 1 is 0.467 bits per heavy atom. The smallest absolute Gasteiger partial charge is 0.268 e. The molecule has 0 fully saturated rings. The summed E-state index contributed by atoms with van der Waals surface area (Å²) in [5.41, 5.74) is 7.98. The Morgan fingerprint density at radius 3 is 0.933 bits per heavy atom. The first-order valence-corrected chi connectivity index (χ1v) is 15.5. The predicted octanol–water partition coefficient (Wildman–Crippen LogP) is 11.8. The Kier molecular flexibility index (Phi) is 16.3. The molecule has 230 valence electrons. The van der Waals surface area contributed by atoms with Gasteiger partial charge in [-0.1, -0.05) is 148 Å². The topological polar surface area (TPSA) is 0 Å². The molecule has 0 unspecified atom stereocenters. The molecular weight excluding hydrogens is 667 g/mol. The van der Waals surface area contributed by atoms with Crippen LogP contribution >= 0.6 is 24.8 Å². The van der Waals surface area contributed by atoms with Crippen LogP contribution in [0, 0.1) is 12.2 Å². The van der Waals surface area contributed by atoms with Crippen LogP contribution in [0.4, 0.5) is 0 Å². The number of allylic oxidation sites excluding steroid dienone is 8. The second-order valence-electron chi connectivity index (χ2n) is 11.2. The molecule has 0 nitrogen and oxygen atoms in total. The average Bonchev–Trinajstić information content (AvgIpc) is 3.81. The Morgan fingerprint density at radius 2 is 0.733 bits per heavy atom. The zero-order valence-electron chi connectivity index (χ0n) is 26.4. The van der Waals surface area contributed by atoms with Gasteiger partial charge >= 0.3 is 26.2 Å². The van der Waals surface area contributed by atoms with Gasteiger partial charge in [0.05, 0.1) is 0 Å². The summed E-state index contributed by atoms with van der Waals surface area (Å²) in [4.78, 5) is 0. The van der Waals surface area contributed by atoms with E-state index in [1.807, 2.05) is 0 Å². The van der Waals surface area contributed by atoms with Crippen LogP contribution in [0.25, 0.3) is 0 Å². The van der Waals surface area contributed by atoms with Gasteiger partial charge in [-0.3, -0.25) is 12.2 Å². The summed E-state index contributed by atoms with van der Waals surface area (Å²) in [6.07, 6.45) is 22.5. The molecule has 0 aromatic heterocycles. The van der Waals surface area contributed by atoms with E-state index in [-0.39, 0.29) is 61.8 Å². The van der Waals surface area contributed by atoms with E-state index in [4.69, 9.17) is 0 Å². The molecule has 0 saturated carbocycles. The molecule has 2 aliphatic carbocycles. The Bertz CT molecular complexity index is 1320. The molecule has 0 atom stereocenters. The second-order valence-corrected chi connectivity index (χ2v) is 11.2. The summed E-state index contributed by atoms with van der Waals surface area (Å²) in [6.45, 7) is 4.53. The molecule has 0 heterocycles. The van der Waals surface area contributed by atoms with Crippen molar-refractivity contribution in [3.05, 3.63) is 191 Å². The van der Waals surface area contributed by atoms with Crippen molar-refractivity contribution in [3.63, 3.8) is 0 Å². The number of hydrogen-bond donors (Lipinski definition) is 0. The molecule has 4 aromatic rings. The Labute approximate surface area is 303 Å². The van der Waals surface area contributed by atoms with Crippen molar-refractivity contribution < 1.29 is 26.2 Å². The minimum Gasteiger partial charge on any atom is -0.268 e. The molecule has 0 saturated heterocycles. The van der Waals surface area contributed by atoms with Gasteiger partial charge in [-0.25, -0.2) is 23.3 Å². The number of rotatable bonds is 10. The molecule has 2 aliphatic rings. The van der Waals surface area contributed by atoms with Crippen molar-refractivity contribution >= 4 is 24.8 Å². The van der Waals surface area contributed by atoms with Crippen molar-refractivity contribution in [3.8, 4) is 0 Å². The standard InChI is InChI=1S/2C21H21.2ClH.Zr/c2*1-2-17-21(20-15-9-10-16-20,18-11-5-3-6-12-18)19-13-7-4-8-14-19;;;/h2*3-9,11-15H,2,10,17H2,1H3;2*1H;/q2*-1;;;+2. The van der Waals surface area contributed by atoms with Gasteiger partial charge < -0.3 is 0 Å². The number of hydrogen-bond acceptors (Lipinski definition) is 0. The fourth-order valence-corrected chi connectivity index (χ4v) is 6.84. The van der Waals surface area contributed by atoms with Crippen LogP contribution in [0.3, 0.4) is 0 Å². The summed E-state index contributed by atoms with van der Waals surface area (Å²) in [5, 5.41) is 0. The third kappa shape index (κ3) is 8.37. The summed E-state index contributed by atoms with van der Waals surface area (Å²) < 4.78 is 0. The molecular formula is C42H44Cl2Zr. The predicted molar refractivity (Wildman–Crippen MR) is 193 cm³/mol. The fraction of sp³-hybridized carbons (Fsp3) is 0.238. The van der Waals surface area contributed by atoms with Gasteiger partial charge in [-0.05, 0) is 35.1 Å². The fourth-order valence-electron chi connectivity index (χ4n) is 6.84. The van der Waals surface area contributed by atoms with Crippen LogP contribution in [0.5, 0.6) is 0 Å². The molecule has 0 radical (unpaired) electrons. The van der Waals surface area contributed by atoms with Crippen LogP contribution in [-0.4, -0.2) is 0 Å². The van der Waals surface area contributed by atoms with E-state index in [1.165, 1.54) is 33.4 Å². The van der Waals surface area contributed by atoms with E-state index in [2.05, 4.69) is 172 Å². The van der Waals surface area contributed by atoms with Gasteiger partial charge in [0.25, 0.3) is 0 Å². The van der Waals surface area contributed by atoms with E-state index < -0.39 is 0 Å². The molecule has 4 aromatic carbocycles. The van der Waals surface area contributed by atoms with Crippen LogP contribution in [0.2, 0.25) is 0 Å². The molecule has 0 bridgehead atoms. The monoisotopic (exact) mass is 708 g/mol. The number of benzene rings is 4. The van der Waals surface area contributed by atoms with Crippen molar-refractivity contribution in [2.24, 2.45) is 0 Å². The summed E-state index contributed by atoms with van der Waals surface area (Å²) >= 11 is 0. The van der Waals surface area contributed by atoms with Crippen molar-refractivity contribution in [1.29, 1.82) is 0 Å². The molecule has 45 heavy (non-hydrogen) atoms. The molecule has 0 N–H and O–H groups in total. The Hall–Kier alpha value is -2.70. The average molecular weight is 711 g/mol. The van der Waals surface area contributed by atoms with Gasteiger partial charge in [-0.15, -0.1) is 37.7 Å². The first-order valence-electron chi connectivity index (χ1n) is 15.5. The zero-order chi connectivity index (χ0) is 29.1. The van der Waals surface area contributed by atoms with Gasteiger partial charge in [-0.2, -0.15) is 12.2 Å². The largest absolute Gasteiger partial charge is 2.00 e. The van der Waals surface area contributed by atoms with Gasteiger partial charge in [0, 0.05) is 10.8 Å². The summed E-state index contributed by atoms with van der Waals surface area (Å²) in [7, 11) is 0. The third-order valence-corrected chi connectivity index (χ3v) is 8.63. The number of halogens is 2. The molecule has 0 amide bonds. The third-order valence-electron chi connectivity index (χ3n) is 8.63. The van der Waals surface area contributed by atoms with E-state index in [9.17, 15) is 0 Å². The molecule has 0 aliphatic heterocycles. The van der Waals surface area contributed by atoms with Gasteiger partial charge in [0.2, 0.25) is 0 Å². The minimum absolute atomic E-state index is 0. The van der Waals surface area contributed by atoms with Crippen molar-refractivity contribution in [1.82, 2.24) is 0 Å². The summed E-state index contributed by atoms with van der Waals surface area (Å²) in [5.74, 6) is 0. The zero-order valence-corrected chi connectivity index (χ0v) is 30.5. The van der Waals surface area contributed by atoms with E-state index >= 15 is 0 Å². The maximum Gasteiger partial charge on any atom is 2.00 e. The first kappa shape index (κ1) is 38.5. The quantitative estimate of drug-likeness (QED) is 0.144. The van der Waals surface area contributed by atoms with Crippen molar-refractivity contribution in [2.45, 2.75) is 63.2 Å². The second kappa shape index (κ2) is 19.1. The van der Waals surface area contributed by atoms with Crippen LogP contribution in [0.15, 0.2) is 157 Å². The Balaban J connectivity index is 0.000000294. The van der Waals surface area contributed by atoms with Gasteiger partial charge in [0.15, 0.2) is 0 Å². The van der Waals surface area contributed by atoms with Crippen LogP contribution in [-0.2, 0) is 37.0 Å². The maximum atomic E-state index is 3.58. The van der Waals surface area contributed by atoms with E-state index in [1.54, 1.807) is 0 Å². The van der Waals surface area contributed by atoms with E-state index in [0.717, 1.165) is 38.5 Å². The van der Waals surface area contributed by atoms with Crippen LogP contribution in [0.1, 0.15) is 74.6 Å². The summed E-state index contributed by atoms with van der Waals surface area (Å²) in [6, 6.07) is 43.5. The maximum absolute atomic E-state index is 3.58. The van der Waals surface area contributed by atoms with Gasteiger partial charge in [0.1, 0.15) is 0 Å². The first-order chi connectivity index (χ1) is 20.8. The normalized spacial score (nSPS) is 13.3. The SMILES string of the molecule is CCCC(C1=[C-]CC=C1)(c1ccccc1)c1ccccc1.CCCC(C1=[C-]CC=C1)(c1ccccc1)c1ccccc1.Cl.Cl.[Zr+2]. The van der Waals surface area contributed by atoms with Crippen molar-refractivity contribution in [2.75, 3.05) is 0 Å². The molecule has 3 heteroatoms.